The first kappa shape index (κ1) is 24.0. The average molecular weight is 441 g/mol. The summed E-state index contributed by atoms with van der Waals surface area (Å²) in [6.45, 7) is 17.6. The molecule has 0 fully saturated rings. The minimum atomic E-state index is -2.19. The Morgan fingerprint density at radius 1 is 1.00 bits per heavy atom. The zero-order chi connectivity index (χ0) is 18.3. The third-order valence-electron chi connectivity index (χ3n) is 4.73. The Balaban J connectivity index is 5.20. The van der Waals surface area contributed by atoms with Crippen LogP contribution in [-0.2, 0) is 4.74 Å². The van der Waals surface area contributed by atoms with Gasteiger partial charge in [0, 0.05) is 0 Å². The second kappa shape index (κ2) is 15.3. The van der Waals surface area contributed by atoms with Crippen molar-refractivity contribution in [1.29, 1.82) is 0 Å². The van der Waals surface area contributed by atoms with Crippen LogP contribution in [0, 0.1) is 0 Å². The van der Waals surface area contributed by atoms with Crippen molar-refractivity contribution in [2.24, 2.45) is 0 Å². The predicted molar refractivity (Wildman–Crippen MR) is 113 cm³/mol. The molecule has 0 spiro atoms. The monoisotopic (exact) mass is 442 g/mol. The van der Waals surface area contributed by atoms with Gasteiger partial charge in [-0.2, -0.15) is 0 Å². The molecule has 0 aliphatic heterocycles. The van der Waals surface area contributed by atoms with Crippen LogP contribution in [0.25, 0.3) is 0 Å². The summed E-state index contributed by atoms with van der Waals surface area (Å²) in [7, 11) is 0. The maximum atomic E-state index is 5.98. The molecule has 0 saturated heterocycles. The van der Waals surface area contributed by atoms with Gasteiger partial charge < -0.3 is 0 Å². The molecule has 0 radical (unpaired) electrons. The van der Waals surface area contributed by atoms with Gasteiger partial charge >= 0.3 is 157 Å². The molecule has 0 unspecified atom stereocenters. The molecule has 2 heteroatoms. The summed E-state index contributed by atoms with van der Waals surface area (Å²) in [4.78, 5) is 0. The number of hydrogen-bond acceptors (Lipinski definition) is 1. The molecule has 0 heterocycles. The molecule has 0 aromatic rings. The van der Waals surface area contributed by atoms with Crippen molar-refractivity contribution in [1.82, 2.24) is 0 Å². The first-order chi connectivity index (χ1) is 11.5. The molecule has 0 amide bonds. The number of unbranched alkanes of at least 4 members (excludes halogenated alkanes) is 3. The Kier molecular flexibility index (Phi) is 15.2. The summed E-state index contributed by atoms with van der Waals surface area (Å²) in [5.74, 6) is 0. The van der Waals surface area contributed by atoms with Gasteiger partial charge in [-0.05, 0) is 0 Å². The minimum absolute atomic E-state index is 0.182. The van der Waals surface area contributed by atoms with Crippen molar-refractivity contribution in [2.45, 2.75) is 92.1 Å². The van der Waals surface area contributed by atoms with Crippen LogP contribution in [-0.4, -0.2) is 31.1 Å². The SMILES string of the molecule is C=CCO[C@H](/C=[CH]/[Sn]([CH2]CCC)([CH2]CCC)[CH2]CCC)CC(=C)C. The Morgan fingerprint density at radius 2 is 1.50 bits per heavy atom. The van der Waals surface area contributed by atoms with E-state index in [0.717, 1.165) is 6.42 Å². The number of ether oxygens (including phenoxy) is 1. The summed E-state index contributed by atoms with van der Waals surface area (Å²) in [5, 5.41) is 0. The van der Waals surface area contributed by atoms with Crippen LogP contribution >= 0.6 is 0 Å². The van der Waals surface area contributed by atoms with E-state index in [1.165, 1.54) is 57.4 Å². The van der Waals surface area contributed by atoms with E-state index in [-0.39, 0.29) is 6.10 Å². The second-order valence-corrected chi connectivity index (χ2v) is 20.4. The summed E-state index contributed by atoms with van der Waals surface area (Å²) < 4.78 is 13.2. The van der Waals surface area contributed by atoms with E-state index in [1.807, 2.05) is 6.08 Å². The van der Waals surface area contributed by atoms with Crippen LogP contribution in [0.1, 0.15) is 72.6 Å². The molecule has 0 aliphatic rings. The van der Waals surface area contributed by atoms with Crippen molar-refractivity contribution < 1.29 is 4.74 Å². The van der Waals surface area contributed by atoms with Crippen molar-refractivity contribution in [3.63, 3.8) is 0 Å². The summed E-state index contributed by atoms with van der Waals surface area (Å²) in [5.41, 5.74) is 1.20. The first-order valence-corrected chi connectivity index (χ1v) is 17.8. The molecule has 0 aliphatic carbocycles. The molecule has 0 aromatic heterocycles. The van der Waals surface area contributed by atoms with Crippen LogP contribution in [0.5, 0.6) is 0 Å². The van der Waals surface area contributed by atoms with Crippen LogP contribution < -0.4 is 0 Å². The Labute approximate surface area is 156 Å². The van der Waals surface area contributed by atoms with E-state index in [2.05, 4.69) is 51.0 Å². The van der Waals surface area contributed by atoms with E-state index in [1.54, 1.807) is 0 Å². The fourth-order valence-corrected chi connectivity index (χ4v) is 17.6. The first-order valence-electron chi connectivity index (χ1n) is 10.1. The Morgan fingerprint density at radius 3 is 1.88 bits per heavy atom. The van der Waals surface area contributed by atoms with Crippen molar-refractivity contribution in [2.75, 3.05) is 6.61 Å². The molecule has 0 aromatic carbocycles. The van der Waals surface area contributed by atoms with Gasteiger partial charge in [-0.3, -0.25) is 0 Å². The molecule has 1 atom stereocenters. The van der Waals surface area contributed by atoms with Gasteiger partial charge in [0.1, 0.15) is 0 Å². The van der Waals surface area contributed by atoms with Crippen molar-refractivity contribution >= 4 is 18.4 Å². The molecule has 140 valence electrons. The molecular weight excluding hydrogens is 399 g/mol. The summed E-state index contributed by atoms with van der Waals surface area (Å²) in [6.07, 6.45) is 13.6. The third-order valence-corrected chi connectivity index (χ3v) is 18.8. The van der Waals surface area contributed by atoms with Gasteiger partial charge in [0.15, 0.2) is 0 Å². The van der Waals surface area contributed by atoms with Gasteiger partial charge in [0.25, 0.3) is 0 Å². The molecule has 0 saturated carbocycles. The van der Waals surface area contributed by atoms with E-state index in [9.17, 15) is 0 Å². The maximum absolute atomic E-state index is 5.98. The Bertz CT molecular complexity index is 337. The Hall–Kier alpha value is -0.0213. The molecule has 24 heavy (non-hydrogen) atoms. The van der Waals surface area contributed by atoms with E-state index >= 15 is 0 Å². The van der Waals surface area contributed by atoms with Gasteiger partial charge in [-0.1, -0.05) is 0 Å². The predicted octanol–water partition coefficient (Wildman–Crippen LogP) is 7.47. The summed E-state index contributed by atoms with van der Waals surface area (Å²) in [6, 6.07) is 0. The standard InChI is InChI=1S/C10H15O.3C4H9.Sn/c1-5-7-11-10(6-2)8-9(3)4;3*1-3-4-2;/h2,5-6,10H,1,3,7-8H2,4H3;3*1,3-4H2,2H3;/t10-;;;;/m1..../s1. The van der Waals surface area contributed by atoms with Crippen LogP contribution in [0.4, 0.5) is 0 Å². The molecule has 0 bridgehead atoms. The fourth-order valence-electron chi connectivity index (χ4n) is 3.24. The van der Waals surface area contributed by atoms with Crippen LogP contribution in [0.15, 0.2) is 35.0 Å². The molecule has 0 rings (SSSR count). The van der Waals surface area contributed by atoms with Gasteiger partial charge in [-0.25, -0.2) is 0 Å². The van der Waals surface area contributed by atoms with Gasteiger partial charge in [0.2, 0.25) is 0 Å². The third kappa shape index (κ3) is 11.5. The zero-order valence-corrected chi connectivity index (χ0v) is 19.8. The van der Waals surface area contributed by atoms with Crippen LogP contribution in [0.3, 0.4) is 0 Å². The van der Waals surface area contributed by atoms with E-state index in [0.29, 0.717) is 6.61 Å². The summed E-state index contributed by atoms with van der Waals surface area (Å²) >= 11 is -2.19. The van der Waals surface area contributed by atoms with Gasteiger partial charge in [-0.15, -0.1) is 0 Å². The quantitative estimate of drug-likeness (QED) is 0.178. The molecule has 1 nitrogen and oxygen atoms in total. The molecular formula is C22H42OSn. The average Bonchev–Trinajstić information content (AvgIpc) is 2.57. The second-order valence-electron chi connectivity index (χ2n) is 7.35. The van der Waals surface area contributed by atoms with Crippen molar-refractivity contribution in [3.8, 4) is 0 Å². The molecule has 0 N–H and O–H groups in total. The topological polar surface area (TPSA) is 9.23 Å². The van der Waals surface area contributed by atoms with E-state index in [4.69, 9.17) is 4.74 Å². The fraction of sp³-hybridized carbons (Fsp3) is 0.727. The normalized spacial score (nSPS) is 13.3. The number of rotatable bonds is 16. The van der Waals surface area contributed by atoms with Gasteiger partial charge in [0.05, 0.1) is 0 Å². The van der Waals surface area contributed by atoms with Crippen molar-refractivity contribution in [3.05, 3.63) is 35.0 Å². The number of hydrogen-bond donors (Lipinski definition) is 0. The zero-order valence-electron chi connectivity index (χ0n) is 16.9. The van der Waals surface area contributed by atoms with E-state index < -0.39 is 18.4 Å². The van der Waals surface area contributed by atoms with Crippen LogP contribution in [0.2, 0.25) is 13.3 Å².